The monoisotopic (exact) mass is 528 g/mol. The average molecular weight is 529 g/mol. The molecular weight excluding hydrogens is 491 g/mol. The fourth-order valence-electron chi connectivity index (χ4n) is 3.57. The van der Waals surface area contributed by atoms with E-state index in [0.717, 1.165) is 0 Å². The molecule has 8 nitrogen and oxygen atoms in total. The van der Waals surface area contributed by atoms with Crippen LogP contribution in [0.5, 0.6) is 11.5 Å². The Morgan fingerprint density at radius 2 is 1.91 bits per heavy atom. The molecule has 1 fully saturated rings. The zero-order valence-electron chi connectivity index (χ0n) is 26.9. The first-order chi connectivity index (χ1) is 20.0. The van der Waals surface area contributed by atoms with Gasteiger partial charge >= 0.3 is 0 Å². The molecule has 1 aromatic carbocycles. The van der Waals surface area contributed by atoms with Crippen molar-refractivity contribution in [2.45, 2.75) is 25.7 Å². The molecule has 1 aliphatic heterocycles. The first kappa shape index (κ1) is 17.0. The van der Waals surface area contributed by atoms with Gasteiger partial charge in [0.2, 0.25) is 0 Å². The maximum absolute atomic E-state index is 12.6. The molecule has 3 heterocycles. The summed E-state index contributed by atoms with van der Waals surface area (Å²) in [6, 6.07) is 4.80. The van der Waals surface area contributed by atoms with Crippen LogP contribution in [0.2, 0.25) is 10.0 Å². The quantitative estimate of drug-likeness (QED) is 0.328. The highest BCUT2D eigenvalue weighted by Gasteiger charge is 2.16. The fourth-order valence-corrected chi connectivity index (χ4v) is 4.03. The molecule has 0 atom stereocenters. The van der Waals surface area contributed by atoms with Crippen LogP contribution in [-0.2, 0) is 4.74 Å². The summed E-state index contributed by atoms with van der Waals surface area (Å²) in [6.07, 6.45) is 4.74. The van der Waals surface area contributed by atoms with Crippen LogP contribution in [0.4, 0.5) is 11.4 Å². The number of anilines is 2. The largest absolute Gasteiger partial charge is 0.493 e. The number of morpholine rings is 1. The van der Waals surface area contributed by atoms with Crippen LogP contribution in [0.15, 0.2) is 35.4 Å². The van der Waals surface area contributed by atoms with E-state index in [4.69, 9.17) is 43.6 Å². The summed E-state index contributed by atoms with van der Waals surface area (Å²) in [4.78, 5) is 19.9. The van der Waals surface area contributed by atoms with Crippen LogP contribution in [-0.4, -0.2) is 61.2 Å². The summed E-state index contributed by atoms with van der Waals surface area (Å²) < 4.78 is 79.5. The van der Waals surface area contributed by atoms with Crippen LogP contribution in [0.3, 0.4) is 0 Å². The van der Waals surface area contributed by atoms with E-state index in [1.807, 2.05) is 0 Å². The van der Waals surface area contributed by atoms with Crippen molar-refractivity contribution in [3.05, 3.63) is 51.0 Å². The lowest BCUT2D eigenvalue weighted by molar-refractivity contribution is 0.0371. The number of hydrogen-bond acceptors (Lipinski definition) is 7. The molecule has 0 bridgehead atoms. The summed E-state index contributed by atoms with van der Waals surface area (Å²) in [7, 11) is 1.47. The summed E-state index contributed by atoms with van der Waals surface area (Å²) in [6.45, 7) is -11.9. The molecule has 1 aliphatic rings. The number of hydrogen-bond donors (Lipinski definition) is 2. The Bertz CT molecular complexity index is 1500. The summed E-state index contributed by atoms with van der Waals surface area (Å²) in [5.74, 6) is 0.701. The first-order valence-corrected chi connectivity index (χ1v) is 11.7. The van der Waals surface area contributed by atoms with E-state index in [1.54, 1.807) is 12.1 Å². The Morgan fingerprint density at radius 1 is 1.17 bits per heavy atom. The molecule has 0 spiro atoms. The number of H-pyrrole nitrogens is 1. The maximum Gasteiger partial charge on any atom is 0.250 e. The number of rotatable bonds is 11. The van der Waals surface area contributed by atoms with Crippen molar-refractivity contribution in [2.24, 2.45) is 0 Å². The molecule has 10 heteroatoms. The van der Waals surface area contributed by atoms with Gasteiger partial charge in [0, 0.05) is 42.3 Å². The van der Waals surface area contributed by atoms with E-state index in [2.05, 4.69) is 20.0 Å². The predicted molar refractivity (Wildman–Crippen MR) is 140 cm³/mol. The van der Waals surface area contributed by atoms with Crippen molar-refractivity contribution in [1.29, 1.82) is 0 Å². The lowest BCUT2D eigenvalue weighted by Gasteiger charge is -2.26. The van der Waals surface area contributed by atoms with Crippen molar-refractivity contribution < 1.29 is 25.2 Å². The lowest BCUT2D eigenvalue weighted by atomic mass is 10.1. The maximum atomic E-state index is 12.6. The third kappa shape index (κ3) is 6.58. The van der Waals surface area contributed by atoms with Crippen LogP contribution in [0, 0.1) is 0 Å². The minimum atomic E-state index is -3.05. The van der Waals surface area contributed by atoms with E-state index in [0.29, 0.717) is 57.9 Å². The fraction of sp³-hybridized carbons (Fsp3) is 0.440. The number of fused-ring (bicyclic) bond motifs is 1. The normalized spacial score (nSPS) is 23.4. The second-order valence-electron chi connectivity index (χ2n) is 7.61. The number of benzene rings is 1. The number of nitrogens with one attached hydrogen (secondary N) is 2. The number of ether oxygens (including phenoxy) is 3. The number of unbranched alkanes of at least 4 members (excludes halogenated alkanes) is 3. The standard InChI is InChI=1S/C25H30Cl2N4O4/c1-33-21-7-6-17-20(29-24-18(26)15-28-16-19(24)27)14-22(32)30-23(17)25(21)35-11-5-3-2-4-8-31-9-12-34-13-10-31/h6-7,14-16H,2-5,8-13H2,1H3,(H2,28,29,30,32)/i9D2,10D2,12D2,13D2. The molecule has 0 amide bonds. The molecule has 1 saturated heterocycles. The number of nitrogens with zero attached hydrogens (tertiary/aromatic N) is 2. The van der Waals surface area contributed by atoms with E-state index in [9.17, 15) is 4.79 Å². The van der Waals surface area contributed by atoms with Crippen molar-refractivity contribution in [3.8, 4) is 11.5 Å². The summed E-state index contributed by atoms with van der Waals surface area (Å²) in [5.41, 5.74) is 0.786. The molecule has 188 valence electrons. The van der Waals surface area contributed by atoms with Gasteiger partial charge in [0.15, 0.2) is 11.5 Å². The summed E-state index contributed by atoms with van der Waals surface area (Å²) >= 11 is 12.5. The Balaban J connectivity index is 1.42. The van der Waals surface area contributed by atoms with Crippen molar-refractivity contribution in [2.75, 3.05) is 51.7 Å². The van der Waals surface area contributed by atoms with Crippen LogP contribution in [0.25, 0.3) is 10.9 Å². The van der Waals surface area contributed by atoms with Gasteiger partial charge in [-0.3, -0.25) is 14.7 Å². The van der Waals surface area contributed by atoms with Gasteiger partial charge in [-0.05, 0) is 31.5 Å². The van der Waals surface area contributed by atoms with Crippen molar-refractivity contribution in [1.82, 2.24) is 14.9 Å². The Hall–Kier alpha value is -2.52. The van der Waals surface area contributed by atoms with Gasteiger partial charge in [-0.15, -0.1) is 0 Å². The molecule has 0 radical (unpaired) electrons. The number of aromatic amines is 1. The molecular formula is C25H30Cl2N4O4. The van der Waals surface area contributed by atoms with E-state index < -0.39 is 31.7 Å². The zero-order chi connectivity index (χ0) is 31.8. The first-order valence-electron chi connectivity index (χ1n) is 14.9. The molecule has 0 aliphatic carbocycles. The highest BCUT2D eigenvalue weighted by Crippen LogP contribution is 2.39. The summed E-state index contributed by atoms with van der Waals surface area (Å²) in [5, 5.41) is 4.24. The van der Waals surface area contributed by atoms with Gasteiger partial charge in [-0.1, -0.05) is 36.0 Å². The van der Waals surface area contributed by atoms with Gasteiger partial charge in [0.25, 0.3) is 5.56 Å². The molecule has 4 rings (SSSR count). The number of aromatic nitrogens is 2. The topological polar surface area (TPSA) is 88.7 Å². The Morgan fingerprint density at radius 3 is 2.66 bits per heavy atom. The van der Waals surface area contributed by atoms with Gasteiger partial charge in [0.05, 0.1) is 59.3 Å². The van der Waals surface area contributed by atoms with Gasteiger partial charge in [-0.25, -0.2) is 0 Å². The third-order valence-electron chi connectivity index (χ3n) is 5.25. The highest BCUT2D eigenvalue weighted by molar-refractivity contribution is 6.39. The minimum absolute atomic E-state index is 0.224. The van der Waals surface area contributed by atoms with Gasteiger partial charge < -0.3 is 24.5 Å². The second-order valence-corrected chi connectivity index (χ2v) is 8.43. The Kier molecular flexibility index (Phi) is 6.05. The second kappa shape index (κ2) is 12.4. The molecule has 35 heavy (non-hydrogen) atoms. The van der Waals surface area contributed by atoms with E-state index in [1.165, 1.54) is 25.6 Å². The average Bonchev–Trinajstić information content (AvgIpc) is 2.90. The van der Waals surface area contributed by atoms with Crippen LogP contribution >= 0.6 is 23.2 Å². The van der Waals surface area contributed by atoms with Crippen molar-refractivity contribution >= 4 is 45.5 Å². The lowest BCUT2D eigenvalue weighted by Crippen LogP contribution is -2.36. The molecule has 3 aromatic rings. The molecule has 0 saturated carbocycles. The zero-order valence-corrected chi connectivity index (χ0v) is 20.4. The smallest absolute Gasteiger partial charge is 0.250 e. The van der Waals surface area contributed by atoms with Crippen LogP contribution < -0.4 is 20.3 Å². The molecule has 2 aromatic heterocycles. The minimum Gasteiger partial charge on any atom is -0.493 e. The number of halogens is 2. The van der Waals surface area contributed by atoms with E-state index in [-0.39, 0.29) is 29.6 Å². The number of methoxy groups -OCH3 is 1. The third-order valence-corrected chi connectivity index (χ3v) is 5.83. The van der Waals surface area contributed by atoms with Crippen LogP contribution in [0.1, 0.15) is 36.6 Å². The molecule has 2 N–H and O–H groups in total. The van der Waals surface area contributed by atoms with Crippen molar-refractivity contribution in [3.63, 3.8) is 0 Å². The van der Waals surface area contributed by atoms with Gasteiger partial charge in [-0.2, -0.15) is 0 Å². The SMILES string of the molecule is [2H]C1([2H])OC([2H])([2H])C([2H])([2H])N(CCCCCCOc2c(OC)ccc3c(Nc4c(Cl)cncc4Cl)cc(=O)[nH]c23)C1([2H])[2H]. The molecule has 0 unspecified atom stereocenters. The highest BCUT2D eigenvalue weighted by atomic mass is 35.5. The number of pyridine rings is 2. The Labute approximate surface area is 225 Å². The predicted octanol–water partition coefficient (Wildman–Crippen LogP) is 5.25. The van der Waals surface area contributed by atoms with E-state index >= 15 is 0 Å². The van der Waals surface area contributed by atoms with Gasteiger partial charge in [0.1, 0.15) is 0 Å².